The molecule has 1 aliphatic carbocycles. The van der Waals surface area contributed by atoms with Gasteiger partial charge in [0.2, 0.25) is 0 Å². The van der Waals surface area contributed by atoms with E-state index < -0.39 is 11.3 Å². The maximum absolute atomic E-state index is 13.8. The first-order valence-electron chi connectivity index (χ1n) is 10.4. The van der Waals surface area contributed by atoms with Crippen molar-refractivity contribution in [2.45, 2.75) is 102 Å². The Morgan fingerprint density at radius 1 is 1.08 bits per heavy atom. The lowest BCUT2D eigenvalue weighted by Crippen LogP contribution is -2.65. The Hall–Kier alpha value is -0.650. The molecule has 0 aromatic carbocycles. The van der Waals surface area contributed by atoms with Gasteiger partial charge in [-0.05, 0) is 58.8 Å². The molecule has 3 unspecified atom stereocenters. The average molecular weight is 365 g/mol. The predicted molar refractivity (Wildman–Crippen MR) is 101 cm³/mol. The predicted octanol–water partition coefficient (Wildman–Crippen LogP) is 3.08. The molecule has 0 aromatic heterocycles. The molecule has 0 aromatic rings. The van der Waals surface area contributed by atoms with Crippen molar-refractivity contribution in [3.8, 4) is 0 Å². The summed E-state index contributed by atoms with van der Waals surface area (Å²) in [6.07, 6.45) is 4.78. The fraction of sp³-hybridized carbons (Fsp3) is 0.952. The Morgan fingerprint density at radius 2 is 1.62 bits per heavy atom. The molecular formula is C21H36N2O3. The van der Waals surface area contributed by atoms with E-state index in [0.717, 1.165) is 32.3 Å². The number of carbonyl (C=O) groups is 1. The van der Waals surface area contributed by atoms with Crippen LogP contribution in [0.2, 0.25) is 0 Å². The van der Waals surface area contributed by atoms with Crippen molar-refractivity contribution >= 4 is 5.91 Å². The molecule has 0 bridgehead atoms. The second-order valence-electron chi connectivity index (χ2n) is 11.0. The van der Waals surface area contributed by atoms with Crippen LogP contribution in [0.15, 0.2) is 0 Å². The summed E-state index contributed by atoms with van der Waals surface area (Å²) in [4.78, 5) is 15.9. The second-order valence-corrected chi connectivity index (χ2v) is 11.0. The molecule has 0 radical (unpaired) electrons. The number of amides is 1. The highest BCUT2D eigenvalue weighted by atomic mass is 16.6. The summed E-state index contributed by atoms with van der Waals surface area (Å²) in [5.41, 5.74) is -1.40. The second kappa shape index (κ2) is 5.68. The van der Waals surface area contributed by atoms with Gasteiger partial charge in [0.15, 0.2) is 5.60 Å². The lowest BCUT2D eigenvalue weighted by molar-refractivity contribution is -0.194. The summed E-state index contributed by atoms with van der Waals surface area (Å²) in [5, 5.41) is 3.71. The van der Waals surface area contributed by atoms with Crippen molar-refractivity contribution in [1.29, 1.82) is 0 Å². The molecular weight excluding hydrogens is 328 g/mol. The van der Waals surface area contributed by atoms with Crippen molar-refractivity contribution in [1.82, 2.24) is 10.2 Å². The molecule has 1 amide bonds. The number of carbonyl (C=O) groups excluding carboxylic acids is 1. The molecule has 148 valence electrons. The fourth-order valence-electron chi connectivity index (χ4n) is 6.57. The first kappa shape index (κ1) is 18.7. The quantitative estimate of drug-likeness (QED) is 0.765. The average Bonchev–Trinajstić information content (AvgIpc) is 3.19. The summed E-state index contributed by atoms with van der Waals surface area (Å²) in [6.45, 7) is 14.8. The van der Waals surface area contributed by atoms with Gasteiger partial charge in [0.25, 0.3) is 5.91 Å². The number of nitrogens with one attached hydrogen (secondary N) is 1. The van der Waals surface area contributed by atoms with Gasteiger partial charge in [-0.15, -0.1) is 0 Å². The summed E-state index contributed by atoms with van der Waals surface area (Å²) >= 11 is 0. The van der Waals surface area contributed by atoms with Crippen LogP contribution in [0, 0.1) is 11.8 Å². The van der Waals surface area contributed by atoms with Gasteiger partial charge >= 0.3 is 0 Å². The number of ether oxygens (including phenoxy) is 2. The van der Waals surface area contributed by atoms with Crippen LogP contribution in [-0.2, 0) is 14.3 Å². The Labute approximate surface area is 158 Å². The summed E-state index contributed by atoms with van der Waals surface area (Å²) in [6, 6.07) is 0. The first-order valence-corrected chi connectivity index (χ1v) is 10.4. The SMILES string of the molecule is CC1CC(C)CC2(C1)OC1(CC(C)(C)NC(C)(C)C1)C(=O)N2CC1CO1. The molecule has 1 saturated carbocycles. The summed E-state index contributed by atoms with van der Waals surface area (Å²) in [7, 11) is 0. The van der Waals surface area contributed by atoms with E-state index in [9.17, 15) is 4.79 Å². The van der Waals surface area contributed by atoms with Gasteiger partial charge in [-0.25, -0.2) is 0 Å². The Balaban J connectivity index is 1.72. The van der Waals surface area contributed by atoms with Gasteiger partial charge in [-0.1, -0.05) is 13.8 Å². The van der Waals surface area contributed by atoms with E-state index in [2.05, 4.69) is 51.8 Å². The minimum Gasteiger partial charge on any atom is -0.371 e. The van der Waals surface area contributed by atoms with Gasteiger partial charge < -0.3 is 19.7 Å². The van der Waals surface area contributed by atoms with E-state index in [4.69, 9.17) is 9.47 Å². The van der Waals surface area contributed by atoms with E-state index in [1.807, 2.05) is 0 Å². The Kier molecular flexibility index (Phi) is 4.08. The molecule has 4 fully saturated rings. The van der Waals surface area contributed by atoms with E-state index in [-0.39, 0.29) is 23.1 Å². The third kappa shape index (κ3) is 3.20. The lowest BCUT2D eigenvalue weighted by Gasteiger charge is -2.50. The highest BCUT2D eigenvalue weighted by Gasteiger charge is 2.66. The minimum absolute atomic E-state index is 0.128. The molecule has 3 saturated heterocycles. The topological polar surface area (TPSA) is 54.1 Å². The highest BCUT2D eigenvalue weighted by molar-refractivity contribution is 5.88. The monoisotopic (exact) mass is 364 g/mol. The van der Waals surface area contributed by atoms with Crippen LogP contribution >= 0.6 is 0 Å². The number of piperidine rings is 1. The maximum atomic E-state index is 13.8. The minimum atomic E-state index is -0.704. The smallest absolute Gasteiger partial charge is 0.257 e. The molecule has 26 heavy (non-hydrogen) atoms. The molecule has 3 heterocycles. The van der Waals surface area contributed by atoms with Crippen LogP contribution in [0.25, 0.3) is 0 Å². The normalized spacial score (nSPS) is 43.2. The number of hydrogen-bond donors (Lipinski definition) is 1. The van der Waals surface area contributed by atoms with Crippen molar-refractivity contribution in [3.63, 3.8) is 0 Å². The van der Waals surface area contributed by atoms with Crippen LogP contribution < -0.4 is 5.32 Å². The number of hydrogen-bond acceptors (Lipinski definition) is 4. The molecule has 4 rings (SSSR count). The van der Waals surface area contributed by atoms with Crippen LogP contribution in [0.1, 0.15) is 73.6 Å². The van der Waals surface area contributed by atoms with E-state index in [1.54, 1.807) is 0 Å². The molecule has 2 spiro atoms. The third-order valence-electron chi connectivity index (χ3n) is 6.57. The van der Waals surface area contributed by atoms with Crippen molar-refractivity contribution in [2.75, 3.05) is 13.2 Å². The first-order chi connectivity index (χ1) is 11.9. The summed E-state index contributed by atoms with van der Waals surface area (Å²) < 4.78 is 12.5. The van der Waals surface area contributed by atoms with E-state index in [0.29, 0.717) is 18.4 Å². The van der Waals surface area contributed by atoms with E-state index in [1.165, 1.54) is 6.42 Å². The van der Waals surface area contributed by atoms with Gasteiger partial charge in [-0.2, -0.15) is 0 Å². The third-order valence-corrected chi connectivity index (χ3v) is 6.57. The van der Waals surface area contributed by atoms with Crippen LogP contribution in [0.4, 0.5) is 0 Å². The molecule has 1 N–H and O–H groups in total. The van der Waals surface area contributed by atoms with Crippen LogP contribution in [0.3, 0.4) is 0 Å². The van der Waals surface area contributed by atoms with Crippen molar-refractivity contribution < 1.29 is 14.3 Å². The number of nitrogens with zero attached hydrogens (tertiary/aromatic N) is 1. The molecule has 5 nitrogen and oxygen atoms in total. The number of epoxide rings is 1. The zero-order valence-electron chi connectivity index (χ0n) is 17.4. The Bertz CT molecular complexity index is 570. The zero-order chi connectivity index (χ0) is 19.0. The van der Waals surface area contributed by atoms with Gasteiger partial charge in [-0.3, -0.25) is 4.79 Å². The fourth-order valence-corrected chi connectivity index (χ4v) is 6.57. The van der Waals surface area contributed by atoms with Crippen LogP contribution in [0.5, 0.6) is 0 Å². The molecule has 3 aliphatic heterocycles. The van der Waals surface area contributed by atoms with Crippen molar-refractivity contribution in [2.24, 2.45) is 11.8 Å². The maximum Gasteiger partial charge on any atom is 0.257 e. The highest BCUT2D eigenvalue weighted by Crippen LogP contribution is 2.53. The van der Waals surface area contributed by atoms with Gasteiger partial charge in [0.05, 0.1) is 19.3 Å². The van der Waals surface area contributed by atoms with Crippen LogP contribution in [-0.4, -0.2) is 52.5 Å². The molecule has 3 atom stereocenters. The zero-order valence-corrected chi connectivity index (χ0v) is 17.4. The lowest BCUT2D eigenvalue weighted by atomic mass is 9.72. The van der Waals surface area contributed by atoms with E-state index >= 15 is 0 Å². The standard InChI is InChI=1S/C21H36N2O3/c1-14-7-15(2)9-21(8-14)23(10-16-11-25-16)17(24)20(26-21)12-18(3,4)22-19(5,6)13-20/h14-16,22H,7-13H2,1-6H3. The Morgan fingerprint density at radius 3 is 2.12 bits per heavy atom. The largest absolute Gasteiger partial charge is 0.371 e. The van der Waals surface area contributed by atoms with Crippen molar-refractivity contribution in [3.05, 3.63) is 0 Å². The number of rotatable bonds is 2. The van der Waals surface area contributed by atoms with Gasteiger partial charge in [0, 0.05) is 23.9 Å². The van der Waals surface area contributed by atoms with Gasteiger partial charge in [0.1, 0.15) is 5.72 Å². The summed E-state index contributed by atoms with van der Waals surface area (Å²) in [5.74, 6) is 1.36. The molecule has 4 aliphatic rings. The molecule has 5 heteroatoms.